The van der Waals surface area contributed by atoms with E-state index in [0.717, 1.165) is 0 Å². The number of aliphatic carboxylic acids is 1. The number of amides is 1. The smallest absolute Gasteiger partial charge is 0.308 e. The molecule has 2 aliphatic heterocycles. The molecular weight excluding hydrogens is 274 g/mol. The third kappa shape index (κ3) is 2.79. The van der Waals surface area contributed by atoms with Crippen LogP contribution in [0.15, 0.2) is 24.3 Å². The van der Waals surface area contributed by atoms with E-state index in [2.05, 4.69) is 0 Å². The van der Waals surface area contributed by atoms with Gasteiger partial charge in [0, 0.05) is 13.1 Å². The van der Waals surface area contributed by atoms with Gasteiger partial charge in [-0.2, -0.15) is 0 Å². The molecule has 6 nitrogen and oxygen atoms in total. The van der Waals surface area contributed by atoms with Crippen molar-refractivity contribution in [3.05, 3.63) is 24.3 Å². The summed E-state index contributed by atoms with van der Waals surface area (Å²) >= 11 is 0. The minimum atomic E-state index is -0.848. The first-order valence-corrected chi connectivity index (χ1v) is 7.05. The van der Waals surface area contributed by atoms with Crippen LogP contribution in [0.25, 0.3) is 0 Å². The molecule has 1 aromatic rings. The van der Waals surface area contributed by atoms with Gasteiger partial charge in [-0.3, -0.25) is 9.59 Å². The van der Waals surface area contributed by atoms with E-state index >= 15 is 0 Å². The number of ether oxygens (including phenoxy) is 2. The van der Waals surface area contributed by atoms with E-state index in [1.54, 1.807) is 17.0 Å². The van der Waals surface area contributed by atoms with Gasteiger partial charge >= 0.3 is 5.97 Å². The molecule has 1 N–H and O–H groups in total. The van der Waals surface area contributed by atoms with Crippen LogP contribution in [0, 0.1) is 5.92 Å². The van der Waals surface area contributed by atoms with Gasteiger partial charge in [0.2, 0.25) is 6.10 Å². The fourth-order valence-corrected chi connectivity index (χ4v) is 2.72. The van der Waals surface area contributed by atoms with Gasteiger partial charge in [-0.1, -0.05) is 12.1 Å². The topological polar surface area (TPSA) is 76.1 Å². The van der Waals surface area contributed by atoms with E-state index < -0.39 is 18.0 Å². The molecule has 2 atom stereocenters. The Morgan fingerprint density at radius 3 is 2.76 bits per heavy atom. The number of carbonyl (C=O) groups excluding carboxylic acids is 1. The van der Waals surface area contributed by atoms with Gasteiger partial charge in [0.25, 0.3) is 5.91 Å². The number of piperidine rings is 1. The summed E-state index contributed by atoms with van der Waals surface area (Å²) in [5, 5.41) is 9.08. The Balaban J connectivity index is 1.67. The monoisotopic (exact) mass is 291 g/mol. The molecule has 0 saturated carbocycles. The summed E-state index contributed by atoms with van der Waals surface area (Å²) in [6.45, 7) is 0.976. The quantitative estimate of drug-likeness (QED) is 0.884. The first kappa shape index (κ1) is 13.7. The molecule has 1 fully saturated rings. The average Bonchev–Trinajstić information content (AvgIpc) is 2.53. The molecule has 0 unspecified atom stereocenters. The standard InChI is InChI=1S/C15H17NO5/c17-14(16-7-3-4-10(8-16)15(18)19)13-9-20-11-5-1-2-6-12(11)21-13/h1-2,5-6,10,13H,3-4,7-9H2,(H,18,19)/t10-,13-/m1/s1. The number of carbonyl (C=O) groups is 2. The third-order valence-electron chi connectivity index (χ3n) is 3.87. The largest absolute Gasteiger partial charge is 0.485 e. The molecule has 2 heterocycles. The maximum absolute atomic E-state index is 12.5. The van der Waals surface area contributed by atoms with Crippen molar-refractivity contribution in [2.24, 2.45) is 5.92 Å². The Kier molecular flexibility index (Phi) is 3.68. The minimum Gasteiger partial charge on any atom is -0.485 e. The number of benzene rings is 1. The van der Waals surface area contributed by atoms with Crippen molar-refractivity contribution < 1.29 is 24.2 Å². The van der Waals surface area contributed by atoms with Crippen molar-refractivity contribution >= 4 is 11.9 Å². The Bertz CT molecular complexity index is 559. The predicted molar refractivity (Wildman–Crippen MR) is 73.3 cm³/mol. The molecule has 21 heavy (non-hydrogen) atoms. The summed E-state index contributed by atoms with van der Waals surface area (Å²) in [6, 6.07) is 7.20. The van der Waals surface area contributed by atoms with Gasteiger partial charge < -0.3 is 19.5 Å². The fraction of sp³-hybridized carbons (Fsp3) is 0.467. The lowest BCUT2D eigenvalue weighted by Crippen LogP contribution is -2.50. The second-order valence-electron chi connectivity index (χ2n) is 5.33. The van der Waals surface area contributed by atoms with Gasteiger partial charge in [-0.05, 0) is 25.0 Å². The number of para-hydroxylation sites is 2. The molecule has 1 aromatic carbocycles. The molecule has 0 spiro atoms. The summed E-state index contributed by atoms with van der Waals surface area (Å²) in [4.78, 5) is 25.1. The van der Waals surface area contributed by atoms with E-state index in [0.29, 0.717) is 30.9 Å². The molecule has 1 amide bonds. The summed E-state index contributed by atoms with van der Waals surface area (Å²) in [5.41, 5.74) is 0. The van der Waals surface area contributed by atoms with Crippen LogP contribution in [-0.4, -0.2) is 47.7 Å². The minimum absolute atomic E-state index is 0.157. The van der Waals surface area contributed by atoms with Crippen LogP contribution < -0.4 is 9.47 Å². The second-order valence-corrected chi connectivity index (χ2v) is 5.33. The van der Waals surface area contributed by atoms with Crippen LogP contribution in [0.5, 0.6) is 11.5 Å². The highest BCUT2D eigenvalue weighted by Crippen LogP contribution is 2.31. The molecule has 6 heteroatoms. The van der Waals surface area contributed by atoms with Gasteiger partial charge in [-0.25, -0.2) is 0 Å². The van der Waals surface area contributed by atoms with Crippen molar-refractivity contribution in [2.75, 3.05) is 19.7 Å². The van der Waals surface area contributed by atoms with Crippen LogP contribution in [-0.2, 0) is 9.59 Å². The summed E-state index contributed by atoms with van der Waals surface area (Å²) in [7, 11) is 0. The molecule has 0 aromatic heterocycles. The zero-order chi connectivity index (χ0) is 14.8. The average molecular weight is 291 g/mol. The van der Waals surface area contributed by atoms with Crippen LogP contribution in [0.3, 0.4) is 0 Å². The Morgan fingerprint density at radius 2 is 2.00 bits per heavy atom. The van der Waals surface area contributed by atoms with Gasteiger partial charge in [0.15, 0.2) is 11.5 Å². The Morgan fingerprint density at radius 1 is 1.24 bits per heavy atom. The number of rotatable bonds is 2. The maximum atomic E-state index is 12.5. The lowest BCUT2D eigenvalue weighted by atomic mass is 9.98. The van der Waals surface area contributed by atoms with Crippen LogP contribution in [0.1, 0.15) is 12.8 Å². The molecular formula is C15H17NO5. The van der Waals surface area contributed by atoms with Crippen molar-refractivity contribution in [2.45, 2.75) is 18.9 Å². The first-order valence-electron chi connectivity index (χ1n) is 7.05. The highest BCUT2D eigenvalue weighted by molar-refractivity contribution is 5.83. The van der Waals surface area contributed by atoms with E-state index in [-0.39, 0.29) is 19.1 Å². The zero-order valence-corrected chi connectivity index (χ0v) is 11.5. The lowest BCUT2D eigenvalue weighted by Gasteiger charge is -2.34. The second kappa shape index (κ2) is 5.63. The maximum Gasteiger partial charge on any atom is 0.308 e. The zero-order valence-electron chi connectivity index (χ0n) is 11.5. The van der Waals surface area contributed by atoms with Crippen molar-refractivity contribution in [3.63, 3.8) is 0 Å². The van der Waals surface area contributed by atoms with Crippen molar-refractivity contribution in [1.29, 1.82) is 0 Å². The van der Waals surface area contributed by atoms with E-state index in [1.807, 2.05) is 12.1 Å². The molecule has 2 aliphatic rings. The molecule has 112 valence electrons. The number of fused-ring (bicyclic) bond motifs is 1. The molecule has 0 aliphatic carbocycles. The lowest BCUT2D eigenvalue weighted by molar-refractivity contribution is -0.149. The van der Waals surface area contributed by atoms with Crippen LogP contribution in [0.2, 0.25) is 0 Å². The fourth-order valence-electron chi connectivity index (χ4n) is 2.72. The highest BCUT2D eigenvalue weighted by Gasteiger charge is 2.35. The summed E-state index contributed by atoms with van der Waals surface area (Å²) < 4.78 is 11.2. The highest BCUT2D eigenvalue weighted by atomic mass is 16.6. The van der Waals surface area contributed by atoms with Crippen molar-refractivity contribution in [1.82, 2.24) is 4.90 Å². The Labute approximate surface area is 122 Å². The summed E-state index contributed by atoms with van der Waals surface area (Å²) in [5.74, 6) is -0.355. The summed E-state index contributed by atoms with van der Waals surface area (Å²) in [6.07, 6.45) is 0.615. The van der Waals surface area contributed by atoms with E-state index in [1.165, 1.54) is 0 Å². The number of hydrogen-bond acceptors (Lipinski definition) is 4. The van der Waals surface area contributed by atoms with Gasteiger partial charge in [0.05, 0.1) is 5.92 Å². The SMILES string of the molecule is O=C(O)[C@@H]1CCCN(C(=O)[C@H]2COc3ccccc3O2)C1. The molecule has 1 saturated heterocycles. The van der Waals surface area contributed by atoms with E-state index in [9.17, 15) is 9.59 Å². The number of carboxylic acid groups (broad SMARTS) is 1. The molecule has 3 rings (SSSR count). The number of carboxylic acids is 1. The van der Waals surface area contributed by atoms with Crippen molar-refractivity contribution in [3.8, 4) is 11.5 Å². The normalized spacial score (nSPS) is 24.5. The van der Waals surface area contributed by atoms with Gasteiger partial charge in [-0.15, -0.1) is 0 Å². The predicted octanol–water partition coefficient (Wildman–Crippen LogP) is 1.15. The Hall–Kier alpha value is -2.24. The molecule has 0 bridgehead atoms. The third-order valence-corrected chi connectivity index (χ3v) is 3.87. The number of likely N-dealkylation sites (tertiary alicyclic amines) is 1. The number of hydrogen-bond donors (Lipinski definition) is 1. The number of nitrogens with zero attached hydrogens (tertiary/aromatic N) is 1. The first-order chi connectivity index (χ1) is 10.1. The van der Waals surface area contributed by atoms with Gasteiger partial charge in [0.1, 0.15) is 6.61 Å². The van der Waals surface area contributed by atoms with E-state index in [4.69, 9.17) is 14.6 Å². The molecule has 0 radical (unpaired) electrons. The van der Waals surface area contributed by atoms with Crippen LogP contribution >= 0.6 is 0 Å². The van der Waals surface area contributed by atoms with Crippen LogP contribution in [0.4, 0.5) is 0 Å².